The molecule has 6 heteroatoms. The molecule has 0 amide bonds. The van der Waals surface area contributed by atoms with E-state index in [2.05, 4.69) is 37.9 Å². The average Bonchev–Trinajstić information content (AvgIpc) is 3.05. The van der Waals surface area contributed by atoms with Gasteiger partial charge in [-0.15, -0.1) is 0 Å². The summed E-state index contributed by atoms with van der Waals surface area (Å²) in [5.74, 6) is 0.352. The number of halogens is 2. The highest BCUT2D eigenvalue weighted by Gasteiger charge is 2.86. The van der Waals surface area contributed by atoms with Gasteiger partial charge >= 0.3 is 5.97 Å². The summed E-state index contributed by atoms with van der Waals surface area (Å²) < 4.78 is 6.44. The lowest BCUT2D eigenvalue weighted by Crippen LogP contribution is -2.26. The van der Waals surface area contributed by atoms with E-state index in [9.17, 15) is 15.2 Å². The molecular weight excluding hydrogens is 486 g/mol. The minimum absolute atomic E-state index is 0.221. The molecular formula is C22H19Br2NO3. The van der Waals surface area contributed by atoms with Gasteiger partial charge in [-0.3, -0.25) is 4.79 Å². The number of carbonyl (C=O) groups is 1. The molecule has 0 heterocycles. The zero-order valence-corrected chi connectivity index (χ0v) is 18.6. The molecule has 0 saturated heterocycles. The van der Waals surface area contributed by atoms with E-state index in [1.807, 2.05) is 68.4 Å². The molecule has 0 aliphatic heterocycles. The Hall–Kier alpha value is -2.10. The lowest BCUT2D eigenvalue weighted by molar-refractivity contribution is -0.145. The zero-order chi connectivity index (χ0) is 20.6. The van der Waals surface area contributed by atoms with Crippen molar-refractivity contribution in [1.82, 2.24) is 0 Å². The van der Waals surface area contributed by atoms with Crippen molar-refractivity contribution in [1.29, 1.82) is 5.26 Å². The van der Waals surface area contributed by atoms with E-state index in [4.69, 9.17) is 4.74 Å². The Labute approximate surface area is 181 Å². The molecule has 1 N–H and O–H groups in total. The van der Waals surface area contributed by atoms with Gasteiger partial charge in [-0.25, -0.2) is 0 Å². The van der Waals surface area contributed by atoms with Gasteiger partial charge in [0.1, 0.15) is 22.3 Å². The van der Waals surface area contributed by atoms with Crippen LogP contribution in [0.15, 0.2) is 64.1 Å². The van der Waals surface area contributed by atoms with Crippen LogP contribution in [0.5, 0.6) is 11.5 Å². The van der Waals surface area contributed by atoms with E-state index in [1.165, 1.54) is 0 Å². The van der Waals surface area contributed by atoms with E-state index in [1.54, 1.807) is 6.08 Å². The summed E-state index contributed by atoms with van der Waals surface area (Å²) in [6.45, 7) is 3.65. The van der Waals surface area contributed by atoms with Gasteiger partial charge in [-0.1, -0.05) is 44.2 Å². The third-order valence-corrected chi connectivity index (χ3v) is 6.34. The minimum atomic E-state index is -1.24. The number of ether oxygens (including phenoxy) is 1. The normalized spacial score (nSPS) is 24.7. The molecule has 2 aromatic rings. The smallest absolute Gasteiger partial charge is 0.312 e. The highest BCUT2D eigenvalue weighted by atomic mass is 79.9. The topological polar surface area (TPSA) is 70.3 Å². The number of allylic oxidation sites excluding steroid dienone is 1. The van der Waals surface area contributed by atoms with Crippen LogP contribution in [-0.2, 0) is 11.2 Å². The van der Waals surface area contributed by atoms with Crippen LogP contribution in [0.25, 0.3) is 0 Å². The van der Waals surface area contributed by atoms with E-state index >= 15 is 0 Å². The second kappa shape index (κ2) is 7.38. The molecule has 0 spiro atoms. The number of nitriles is 1. The lowest BCUT2D eigenvalue weighted by atomic mass is 9.86. The third-order valence-electron chi connectivity index (χ3n) is 5.88. The Balaban J connectivity index is 1.97. The zero-order valence-electron chi connectivity index (χ0n) is 15.4. The summed E-state index contributed by atoms with van der Waals surface area (Å²) in [7, 11) is 0. The monoisotopic (exact) mass is 503 g/mol. The maximum atomic E-state index is 12.4. The van der Waals surface area contributed by atoms with Crippen molar-refractivity contribution in [3.63, 3.8) is 0 Å². The maximum absolute atomic E-state index is 12.4. The number of aliphatic carboxylic acids is 1. The molecule has 2 atom stereocenters. The molecule has 0 bridgehead atoms. The number of rotatable bonds is 6. The molecule has 0 aromatic heterocycles. The van der Waals surface area contributed by atoms with E-state index in [0.717, 1.165) is 5.56 Å². The Morgan fingerprint density at radius 1 is 1.14 bits per heavy atom. The molecule has 1 aliphatic carbocycles. The lowest BCUT2D eigenvalue weighted by Gasteiger charge is -2.17. The third kappa shape index (κ3) is 3.07. The summed E-state index contributed by atoms with van der Waals surface area (Å²) in [5.41, 5.74) is -2.32. The van der Waals surface area contributed by atoms with Crippen molar-refractivity contribution >= 4 is 37.8 Å². The van der Waals surface area contributed by atoms with Gasteiger partial charge in [0, 0.05) is 5.41 Å². The largest absolute Gasteiger partial charge is 0.481 e. The highest BCUT2D eigenvalue weighted by Crippen LogP contribution is 2.80. The summed E-state index contributed by atoms with van der Waals surface area (Å²) in [6, 6.07) is 19.0. The molecule has 28 heavy (non-hydrogen) atoms. The number of hydrogen-bond acceptors (Lipinski definition) is 3. The summed E-state index contributed by atoms with van der Waals surface area (Å²) in [6.07, 6.45) is 1.88. The molecule has 1 saturated carbocycles. The number of para-hydroxylation sites is 1. The Morgan fingerprint density at radius 2 is 1.79 bits per heavy atom. The first-order valence-electron chi connectivity index (χ1n) is 8.70. The molecule has 1 aliphatic rings. The fourth-order valence-electron chi connectivity index (χ4n) is 4.26. The summed E-state index contributed by atoms with van der Waals surface area (Å²) in [5, 5.41) is 20.1. The molecule has 1 fully saturated rings. The predicted octanol–water partition coefficient (Wildman–Crippen LogP) is 6.27. The summed E-state index contributed by atoms with van der Waals surface area (Å²) in [4.78, 5) is 12.4. The van der Waals surface area contributed by atoms with Crippen molar-refractivity contribution in [2.45, 2.75) is 20.3 Å². The Kier molecular flexibility index (Phi) is 5.44. The van der Waals surface area contributed by atoms with Crippen LogP contribution >= 0.6 is 31.9 Å². The number of carboxylic acids is 1. The summed E-state index contributed by atoms with van der Waals surface area (Å²) >= 11 is 6.58. The molecule has 144 valence electrons. The van der Waals surface area contributed by atoms with Gasteiger partial charge in [-0.05, 0) is 74.2 Å². The van der Waals surface area contributed by atoms with Gasteiger partial charge in [-0.2, -0.15) is 5.26 Å². The Bertz CT molecular complexity index is 977. The van der Waals surface area contributed by atoms with Crippen LogP contribution in [0.2, 0.25) is 0 Å². The van der Waals surface area contributed by atoms with Crippen molar-refractivity contribution < 1.29 is 14.6 Å². The predicted molar refractivity (Wildman–Crippen MR) is 114 cm³/mol. The highest BCUT2D eigenvalue weighted by molar-refractivity contribution is 9.28. The van der Waals surface area contributed by atoms with Crippen LogP contribution in [0.3, 0.4) is 0 Å². The van der Waals surface area contributed by atoms with Crippen LogP contribution in [0, 0.1) is 27.6 Å². The molecule has 3 rings (SSSR count). The first-order chi connectivity index (χ1) is 13.2. The van der Waals surface area contributed by atoms with Gasteiger partial charge < -0.3 is 9.84 Å². The number of carboxylic acid groups (broad SMARTS) is 1. The number of nitrogens with zero attached hydrogens (tertiary/aromatic N) is 1. The first kappa shape index (κ1) is 20.6. The van der Waals surface area contributed by atoms with Crippen LogP contribution < -0.4 is 4.74 Å². The van der Waals surface area contributed by atoms with E-state index in [0.29, 0.717) is 14.9 Å². The van der Waals surface area contributed by atoms with Gasteiger partial charge in [0.15, 0.2) is 0 Å². The van der Waals surface area contributed by atoms with Crippen LogP contribution in [0.4, 0.5) is 0 Å². The fourth-order valence-corrected chi connectivity index (χ4v) is 4.94. The van der Waals surface area contributed by atoms with Crippen molar-refractivity contribution in [2.24, 2.45) is 16.2 Å². The van der Waals surface area contributed by atoms with Gasteiger partial charge in [0.05, 0.1) is 9.46 Å². The van der Waals surface area contributed by atoms with Crippen LogP contribution in [0.1, 0.15) is 19.4 Å². The first-order valence-corrected chi connectivity index (χ1v) is 10.3. The SMILES string of the molecule is CC1(C)[C@](C#N)(C=C(Br)Br)[C@]1(Cc1cccc(Oc2ccccc2)c1)C(=O)O. The number of hydrogen-bond donors (Lipinski definition) is 1. The maximum Gasteiger partial charge on any atom is 0.312 e. The molecule has 4 nitrogen and oxygen atoms in total. The van der Waals surface area contributed by atoms with Crippen molar-refractivity contribution in [3.05, 3.63) is 69.6 Å². The molecule has 0 radical (unpaired) electrons. The number of benzene rings is 2. The van der Waals surface area contributed by atoms with Crippen molar-refractivity contribution in [3.8, 4) is 17.6 Å². The molecule has 0 unspecified atom stereocenters. The van der Waals surface area contributed by atoms with Crippen molar-refractivity contribution in [2.75, 3.05) is 0 Å². The standard InChI is InChI=1S/C22H19Br2NO3/c1-20(2)21(14-25,13-18(23)24)22(20,19(26)27)12-15-7-6-10-17(11-15)28-16-8-4-3-5-9-16/h3-11,13H,12H2,1-2H3,(H,26,27)/t21-,22-/m1/s1. The quantitative estimate of drug-likeness (QED) is 0.503. The average molecular weight is 505 g/mol. The Morgan fingerprint density at radius 3 is 2.36 bits per heavy atom. The molecule has 2 aromatic carbocycles. The van der Waals surface area contributed by atoms with E-state index in [-0.39, 0.29) is 6.42 Å². The minimum Gasteiger partial charge on any atom is -0.481 e. The fraction of sp³-hybridized carbons (Fsp3) is 0.273. The van der Waals surface area contributed by atoms with Gasteiger partial charge in [0.25, 0.3) is 0 Å². The second-order valence-corrected chi connectivity index (χ2v) is 10.2. The second-order valence-electron chi connectivity index (χ2n) is 7.43. The van der Waals surface area contributed by atoms with E-state index < -0.39 is 22.2 Å². The van der Waals surface area contributed by atoms with Crippen LogP contribution in [-0.4, -0.2) is 11.1 Å². The van der Waals surface area contributed by atoms with Gasteiger partial charge in [0.2, 0.25) is 0 Å².